The van der Waals surface area contributed by atoms with Crippen LogP contribution in [0.2, 0.25) is 0 Å². The molecular weight excluding hydrogens is 344 g/mol. The number of hydrogen-bond acceptors (Lipinski definition) is 4. The number of carbonyl (C=O) groups is 1. The first-order valence-corrected chi connectivity index (χ1v) is 8.97. The Hall–Kier alpha value is -0.920. The van der Waals surface area contributed by atoms with Crippen molar-refractivity contribution in [1.29, 1.82) is 0 Å². The van der Waals surface area contributed by atoms with E-state index in [0.717, 1.165) is 10.0 Å². The lowest BCUT2D eigenvalue weighted by atomic mass is 10.2. The molecule has 0 aliphatic carbocycles. The number of carbonyl (C=O) groups excluding carboxylic acids is 1. The lowest BCUT2D eigenvalue weighted by Gasteiger charge is -2.11. The van der Waals surface area contributed by atoms with Gasteiger partial charge in [-0.15, -0.1) is 0 Å². The Balaban J connectivity index is 1.82. The van der Waals surface area contributed by atoms with Crippen LogP contribution in [-0.2, 0) is 14.6 Å². The summed E-state index contributed by atoms with van der Waals surface area (Å²) in [6.07, 6.45) is 0.575. The van der Waals surface area contributed by atoms with E-state index < -0.39 is 9.84 Å². The minimum atomic E-state index is -2.91. The second kappa shape index (κ2) is 6.24. The first-order valence-electron chi connectivity index (χ1n) is 6.35. The highest BCUT2D eigenvalue weighted by Gasteiger charge is 2.27. The van der Waals surface area contributed by atoms with Crippen LogP contribution in [-0.4, -0.2) is 38.4 Å². The van der Waals surface area contributed by atoms with Gasteiger partial charge >= 0.3 is 0 Å². The molecule has 0 radical (unpaired) electrons. The molecule has 0 saturated carbocycles. The van der Waals surface area contributed by atoms with Crippen molar-refractivity contribution in [3.63, 3.8) is 0 Å². The fraction of sp³-hybridized carbons (Fsp3) is 0.462. The largest absolute Gasteiger partial charge is 0.325 e. The molecular formula is C13H17BrN2O3S. The quantitative estimate of drug-likeness (QED) is 0.852. The van der Waals surface area contributed by atoms with E-state index in [1.54, 1.807) is 0 Å². The van der Waals surface area contributed by atoms with Gasteiger partial charge in [0.1, 0.15) is 0 Å². The molecule has 110 valence electrons. The predicted molar refractivity (Wildman–Crippen MR) is 82.6 cm³/mol. The molecule has 1 saturated heterocycles. The van der Waals surface area contributed by atoms with Gasteiger partial charge in [0.25, 0.3) is 0 Å². The molecule has 0 spiro atoms. The molecule has 1 amide bonds. The number of amides is 1. The molecule has 1 aliphatic heterocycles. The Bertz CT molecular complexity index is 616. The monoisotopic (exact) mass is 360 g/mol. The van der Waals surface area contributed by atoms with Crippen molar-refractivity contribution in [1.82, 2.24) is 5.32 Å². The predicted octanol–water partition coefficient (Wildman–Crippen LogP) is 1.47. The fourth-order valence-electron chi connectivity index (χ4n) is 2.07. The number of sulfone groups is 1. The molecule has 1 atom stereocenters. The molecule has 7 heteroatoms. The van der Waals surface area contributed by atoms with Crippen LogP contribution in [0.1, 0.15) is 12.0 Å². The van der Waals surface area contributed by atoms with Crippen molar-refractivity contribution in [2.75, 3.05) is 23.4 Å². The van der Waals surface area contributed by atoms with Crippen molar-refractivity contribution in [2.45, 2.75) is 19.4 Å². The number of benzene rings is 1. The second-order valence-corrected chi connectivity index (χ2v) is 8.08. The molecule has 1 aromatic rings. The van der Waals surface area contributed by atoms with Gasteiger partial charge < -0.3 is 10.6 Å². The Morgan fingerprint density at radius 1 is 1.45 bits per heavy atom. The van der Waals surface area contributed by atoms with Crippen molar-refractivity contribution in [3.8, 4) is 0 Å². The zero-order valence-electron chi connectivity index (χ0n) is 11.1. The molecule has 0 aromatic heterocycles. The van der Waals surface area contributed by atoms with Gasteiger partial charge in [-0.2, -0.15) is 0 Å². The Kier molecular flexibility index (Phi) is 4.82. The van der Waals surface area contributed by atoms with Crippen molar-refractivity contribution in [2.24, 2.45) is 0 Å². The molecule has 1 unspecified atom stereocenters. The lowest BCUT2D eigenvalue weighted by Crippen LogP contribution is -2.36. The Labute approximate surface area is 127 Å². The zero-order chi connectivity index (χ0) is 14.8. The van der Waals surface area contributed by atoms with E-state index in [9.17, 15) is 13.2 Å². The average Bonchev–Trinajstić information content (AvgIpc) is 2.71. The summed E-state index contributed by atoms with van der Waals surface area (Å²) in [7, 11) is -2.91. The molecule has 20 heavy (non-hydrogen) atoms. The van der Waals surface area contributed by atoms with Crippen molar-refractivity contribution < 1.29 is 13.2 Å². The maximum Gasteiger partial charge on any atom is 0.238 e. The molecule has 2 N–H and O–H groups in total. The normalized spacial score (nSPS) is 20.8. The molecule has 5 nitrogen and oxygen atoms in total. The van der Waals surface area contributed by atoms with Crippen LogP contribution in [0.15, 0.2) is 22.7 Å². The van der Waals surface area contributed by atoms with Gasteiger partial charge in [-0.05, 0) is 31.0 Å². The third-order valence-corrected chi connectivity index (χ3v) is 5.86. The topological polar surface area (TPSA) is 75.3 Å². The van der Waals surface area contributed by atoms with Crippen LogP contribution >= 0.6 is 15.9 Å². The molecule has 1 heterocycles. The summed E-state index contributed by atoms with van der Waals surface area (Å²) in [6, 6.07) is 5.47. The summed E-state index contributed by atoms with van der Waals surface area (Å²) in [4.78, 5) is 11.8. The summed E-state index contributed by atoms with van der Waals surface area (Å²) in [6.45, 7) is 2.09. The van der Waals surface area contributed by atoms with Crippen LogP contribution in [0.5, 0.6) is 0 Å². The highest BCUT2D eigenvalue weighted by atomic mass is 79.9. The summed E-state index contributed by atoms with van der Waals surface area (Å²) in [5.41, 5.74) is 1.81. The van der Waals surface area contributed by atoms with Crippen LogP contribution in [0.4, 0.5) is 5.69 Å². The van der Waals surface area contributed by atoms with Gasteiger partial charge in [-0.1, -0.05) is 22.0 Å². The van der Waals surface area contributed by atoms with E-state index >= 15 is 0 Å². The lowest BCUT2D eigenvalue weighted by molar-refractivity contribution is -0.115. The highest BCUT2D eigenvalue weighted by Crippen LogP contribution is 2.20. The maximum absolute atomic E-state index is 11.8. The molecule has 0 bridgehead atoms. The highest BCUT2D eigenvalue weighted by molar-refractivity contribution is 9.10. The first-order chi connectivity index (χ1) is 9.35. The van der Waals surface area contributed by atoms with Gasteiger partial charge in [0.2, 0.25) is 5.91 Å². The summed E-state index contributed by atoms with van der Waals surface area (Å²) >= 11 is 3.41. The summed E-state index contributed by atoms with van der Waals surface area (Å²) < 4.78 is 23.5. The van der Waals surface area contributed by atoms with E-state index in [1.807, 2.05) is 25.1 Å². The molecule has 1 aliphatic rings. The van der Waals surface area contributed by atoms with Gasteiger partial charge in [-0.3, -0.25) is 4.79 Å². The third-order valence-electron chi connectivity index (χ3n) is 3.24. The van der Waals surface area contributed by atoms with E-state index in [4.69, 9.17) is 0 Å². The van der Waals surface area contributed by atoms with Crippen molar-refractivity contribution in [3.05, 3.63) is 28.2 Å². The molecule has 2 rings (SSSR count). The van der Waals surface area contributed by atoms with Crippen molar-refractivity contribution >= 4 is 37.4 Å². The van der Waals surface area contributed by atoms with E-state index in [2.05, 4.69) is 26.6 Å². The van der Waals surface area contributed by atoms with Crippen LogP contribution in [0.3, 0.4) is 0 Å². The van der Waals surface area contributed by atoms with Gasteiger partial charge in [-0.25, -0.2) is 8.42 Å². The number of hydrogen-bond donors (Lipinski definition) is 2. The standard InChI is InChI=1S/C13H17BrN2O3S/c1-9-2-3-10(6-12(9)14)16-13(17)7-15-11-4-5-20(18,19)8-11/h2-3,6,11,15H,4-5,7-8H2,1H3,(H,16,17). The summed E-state index contributed by atoms with van der Waals surface area (Å²) in [5, 5.41) is 5.75. The van der Waals surface area contributed by atoms with Gasteiger partial charge in [0.15, 0.2) is 9.84 Å². The van der Waals surface area contributed by atoms with Crippen LogP contribution in [0.25, 0.3) is 0 Å². The SMILES string of the molecule is Cc1ccc(NC(=O)CNC2CCS(=O)(=O)C2)cc1Br. The average molecular weight is 361 g/mol. The number of halogens is 1. The van der Waals surface area contributed by atoms with E-state index in [-0.39, 0.29) is 30.0 Å². The van der Waals surface area contributed by atoms with E-state index in [0.29, 0.717) is 12.1 Å². The smallest absolute Gasteiger partial charge is 0.238 e. The Morgan fingerprint density at radius 3 is 2.80 bits per heavy atom. The fourth-order valence-corrected chi connectivity index (χ4v) is 4.16. The van der Waals surface area contributed by atoms with Crippen LogP contribution < -0.4 is 10.6 Å². The number of nitrogens with one attached hydrogen (secondary N) is 2. The maximum atomic E-state index is 11.8. The van der Waals surface area contributed by atoms with Gasteiger partial charge in [0, 0.05) is 16.2 Å². The molecule has 1 fully saturated rings. The number of aryl methyl sites for hydroxylation is 1. The Morgan fingerprint density at radius 2 is 2.20 bits per heavy atom. The molecule has 1 aromatic carbocycles. The number of rotatable bonds is 4. The zero-order valence-corrected chi connectivity index (χ0v) is 13.6. The second-order valence-electron chi connectivity index (χ2n) is 4.99. The minimum absolute atomic E-state index is 0.115. The summed E-state index contributed by atoms with van der Waals surface area (Å²) in [5.74, 6) is 0.151. The first kappa shape index (κ1) is 15.5. The third kappa shape index (κ3) is 4.29. The van der Waals surface area contributed by atoms with E-state index in [1.165, 1.54) is 0 Å². The number of anilines is 1. The van der Waals surface area contributed by atoms with Gasteiger partial charge in [0.05, 0.1) is 18.1 Å². The van der Waals surface area contributed by atoms with Crippen LogP contribution in [0, 0.1) is 6.92 Å². The minimum Gasteiger partial charge on any atom is -0.325 e.